The van der Waals surface area contributed by atoms with Gasteiger partial charge in [0.25, 0.3) is 0 Å². The molecule has 0 N–H and O–H groups in total. The molecular weight excluding hydrogens is 446 g/mol. The Balaban J connectivity index is 3.02. The van der Waals surface area contributed by atoms with E-state index in [2.05, 4.69) is 41.6 Å². The van der Waals surface area contributed by atoms with Crippen LogP contribution >= 0.6 is 54.5 Å². The minimum atomic E-state index is -4.72. The molecular formula is C6HBr2F3INO. The van der Waals surface area contributed by atoms with E-state index in [9.17, 15) is 13.2 Å². The number of rotatable bonds is 1. The van der Waals surface area contributed by atoms with Gasteiger partial charge in [0.15, 0.2) is 0 Å². The van der Waals surface area contributed by atoms with E-state index in [0.29, 0.717) is 12.6 Å². The lowest BCUT2D eigenvalue weighted by Gasteiger charge is -2.09. The fourth-order valence-corrected chi connectivity index (χ4v) is 2.10. The highest BCUT2D eigenvalue weighted by molar-refractivity contribution is 14.1. The molecule has 0 aliphatic heterocycles. The number of hydrogen-bond donors (Lipinski definition) is 0. The summed E-state index contributed by atoms with van der Waals surface area (Å²) in [7, 11) is 0. The lowest BCUT2D eigenvalue weighted by Crippen LogP contribution is -2.18. The number of hydrogen-bond acceptors (Lipinski definition) is 2. The van der Waals surface area contributed by atoms with Crippen molar-refractivity contribution in [2.45, 2.75) is 6.36 Å². The molecule has 0 aliphatic carbocycles. The standard InChI is InChI=1S/C6HBr2F3INO/c7-2-1-3(14-6(9,10)11)13-5(12)4(2)8/h1H. The summed E-state index contributed by atoms with van der Waals surface area (Å²) >= 11 is 8.00. The van der Waals surface area contributed by atoms with E-state index in [1.807, 2.05) is 0 Å². The Labute approximate surface area is 108 Å². The number of alkyl halides is 3. The second kappa shape index (κ2) is 4.52. The van der Waals surface area contributed by atoms with Crippen molar-refractivity contribution in [3.05, 3.63) is 18.7 Å². The van der Waals surface area contributed by atoms with Crippen LogP contribution in [0.25, 0.3) is 0 Å². The van der Waals surface area contributed by atoms with Crippen LogP contribution in [0.3, 0.4) is 0 Å². The zero-order chi connectivity index (χ0) is 10.9. The lowest BCUT2D eigenvalue weighted by molar-refractivity contribution is -0.276. The van der Waals surface area contributed by atoms with Crippen molar-refractivity contribution < 1.29 is 17.9 Å². The third-order valence-corrected chi connectivity index (χ3v) is 4.55. The Morgan fingerprint density at radius 2 is 1.93 bits per heavy atom. The summed E-state index contributed by atoms with van der Waals surface area (Å²) in [6.45, 7) is 0. The van der Waals surface area contributed by atoms with Crippen LogP contribution in [0.4, 0.5) is 13.2 Å². The van der Waals surface area contributed by atoms with Crippen LogP contribution in [-0.2, 0) is 0 Å². The molecule has 8 heteroatoms. The molecule has 14 heavy (non-hydrogen) atoms. The van der Waals surface area contributed by atoms with Gasteiger partial charge in [0.05, 0.1) is 4.47 Å². The van der Waals surface area contributed by atoms with Crippen LogP contribution in [0.5, 0.6) is 5.88 Å². The Morgan fingerprint density at radius 1 is 1.36 bits per heavy atom. The third-order valence-electron chi connectivity index (χ3n) is 1.07. The Morgan fingerprint density at radius 3 is 2.36 bits per heavy atom. The molecule has 0 radical (unpaired) electrons. The molecule has 0 unspecified atom stereocenters. The van der Waals surface area contributed by atoms with E-state index in [4.69, 9.17) is 0 Å². The molecule has 78 valence electrons. The fraction of sp³-hybridized carbons (Fsp3) is 0.167. The third kappa shape index (κ3) is 3.54. The van der Waals surface area contributed by atoms with Crippen molar-refractivity contribution in [2.75, 3.05) is 0 Å². The first-order valence-corrected chi connectivity index (χ1v) is 5.73. The average molecular weight is 447 g/mol. The molecule has 0 bridgehead atoms. The van der Waals surface area contributed by atoms with E-state index >= 15 is 0 Å². The summed E-state index contributed by atoms with van der Waals surface area (Å²) in [6.07, 6.45) is -4.72. The van der Waals surface area contributed by atoms with E-state index in [0.717, 1.165) is 6.07 Å². The lowest BCUT2D eigenvalue weighted by atomic mass is 10.5. The highest BCUT2D eigenvalue weighted by Crippen LogP contribution is 2.31. The van der Waals surface area contributed by atoms with E-state index < -0.39 is 12.2 Å². The molecule has 0 aromatic carbocycles. The second-order valence-corrected chi connectivity index (χ2v) is 4.76. The van der Waals surface area contributed by atoms with Gasteiger partial charge >= 0.3 is 6.36 Å². The minimum Gasteiger partial charge on any atom is -0.388 e. The van der Waals surface area contributed by atoms with Crippen LogP contribution in [0.15, 0.2) is 15.0 Å². The Kier molecular flexibility index (Phi) is 4.03. The average Bonchev–Trinajstić information content (AvgIpc) is 1.96. The molecule has 1 rings (SSSR count). The maximum atomic E-state index is 11.8. The van der Waals surface area contributed by atoms with Crippen molar-refractivity contribution in [1.82, 2.24) is 4.98 Å². The predicted octanol–water partition coefficient (Wildman–Crippen LogP) is 4.11. The zero-order valence-corrected chi connectivity index (χ0v) is 11.5. The molecule has 0 saturated heterocycles. The first kappa shape index (κ1) is 12.5. The number of ether oxygens (including phenoxy) is 1. The van der Waals surface area contributed by atoms with E-state index in [-0.39, 0.29) is 0 Å². The van der Waals surface area contributed by atoms with Crippen molar-refractivity contribution in [3.63, 3.8) is 0 Å². The van der Waals surface area contributed by atoms with Crippen molar-refractivity contribution >= 4 is 54.5 Å². The maximum absolute atomic E-state index is 11.8. The van der Waals surface area contributed by atoms with E-state index in [1.54, 1.807) is 22.6 Å². The molecule has 1 heterocycles. The van der Waals surface area contributed by atoms with Gasteiger partial charge in [-0.25, -0.2) is 4.98 Å². The Bertz CT molecular complexity index is 334. The minimum absolute atomic E-state index is 0.385. The van der Waals surface area contributed by atoms with Crippen molar-refractivity contribution in [1.29, 1.82) is 0 Å². The number of pyridine rings is 1. The van der Waals surface area contributed by atoms with Gasteiger partial charge in [-0.15, -0.1) is 13.2 Å². The predicted molar refractivity (Wildman–Crippen MR) is 59.0 cm³/mol. The molecule has 2 nitrogen and oxygen atoms in total. The van der Waals surface area contributed by atoms with Gasteiger partial charge in [0.1, 0.15) is 3.70 Å². The summed E-state index contributed by atoms with van der Waals surface area (Å²) in [6, 6.07) is 1.14. The summed E-state index contributed by atoms with van der Waals surface area (Å²) < 4.78 is 40.5. The van der Waals surface area contributed by atoms with Crippen LogP contribution < -0.4 is 4.74 Å². The molecule has 0 atom stereocenters. The summed E-state index contributed by atoms with van der Waals surface area (Å²) in [4.78, 5) is 3.59. The summed E-state index contributed by atoms with van der Waals surface area (Å²) in [5.74, 6) is -0.489. The zero-order valence-electron chi connectivity index (χ0n) is 6.20. The SMILES string of the molecule is FC(F)(F)Oc1cc(Br)c(Br)c(I)n1. The Hall–Kier alpha value is 0.430. The quantitative estimate of drug-likeness (QED) is 0.478. The van der Waals surface area contributed by atoms with E-state index in [1.165, 1.54) is 0 Å². The monoisotopic (exact) mass is 445 g/mol. The fourth-order valence-electron chi connectivity index (χ4n) is 0.619. The number of halogens is 6. The maximum Gasteiger partial charge on any atom is 0.574 e. The topological polar surface area (TPSA) is 22.1 Å². The highest BCUT2D eigenvalue weighted by atomic mass is 127. The van der Waals surface area contributed by atoms with Crippen LogP contribution in [0.1, 0.15) is 0 Å². The van der Waals surface area contributed by atoms with Gasteiger partial charge in [-0.1, -0.05) is 0 Å². The second-order valence-electron chi connectivity index (χ2n) is 2.09. The molecule has 0 amide bonds. The number of nitrogens with zero attached hydrogens (tertiary/aromatic N) is 1. The number of aromatic nitrogens is 1. The molecule has 0 saturated carbocycles. The van der Waals surface area contributed by atoms with Gasteiger partial charge in [-0.3, -0.25) is 0 Å². The molecule has 1 aromatic heterocycles. The van der Waals surface area contributed by atoms with Crippen LogP contribution in [0, 0.1) is 3.70 Å². The molecule has 0 aliphatic rings. The van der Waals surface area contributed by atoms with Gasteiger partial charge in [0.2, 0.25) is 5.88 Å². The first-order chi connectivity index (χ1) is 6.29. The molecule has 0 fully saturated rings. The van der Waals surface area contributed by atoms with Crippen LogP contribution in [-0.4, -0.2) is 11.3 Å². The first-order valence-electron chi connectivity index (χ1n) is 3.07. The van der Waals surface area contributed by atoms with Crippen molar-refractivity contribution in [3.8, 4) is 5.88 Å². The van der Waals surface area contributed by atoms with Gasteiger partial charge < -0.3 is 4.74 Å². The summed E-state index contributed by atoms with van der Waals surface area (Å²) in [5, 5.41) is 0. The van der Waals surface area contributed by atoms with Crippen molar-refractivity contribution in [2.24, 2.45) is 0 Å². The molecule has 0 spiro atoms. The highest BCUT2D eigenvalue weighted by Gasteiger charge is 2.32. The van der Waals surface area contributed by atoms with Gasteiger partial charge in [-0.2, -0.15) is 0 Å². The summed E-state index contributed by atoms with van der Waals surface area (Å²) in [5.41, 5.74) is 0. The smallest absolute Gasteiger partial charge is 0.388 e. The molecule has 1 aromatic rings. The normalized spacial score (nSPS) is 11.6. The van der Waals surface area contributed by atoms with Crippen LogP contribution in [0.2, 0.25) is 0 Å². The largest absolute Gasteiger partial charge is 0.574 e. The van der Waals surface area contributed by atoms with Gasteiger partial charge in [-0.05, 0) is 54.5 Å². The van der Waals surface area contributed by atoms with Gasteiger partial charge in [0, 0.05) is 10.5 Å².